The van der Waals surface area contributed by atoms with Gasteiger partial charge in [0.25, 0.3) is 0 Å². The van der Waals surface area contributed by atoms with E-state index in [0.29, 0.717) is 5.91 Å². The van der Waals surface area contributed by atoms with Crippen LogP contribution >= 0.6 is 0 Å². The summed E-state index contributed by atoms with van der Waals surface area (Å²) in [5, 5.41) is 0. The van der Waals surface area contributed by atoms with Gasteiger partial charge in [-0.2, -0.15) is 0 Å². The SMILES string of the molecule is Cc1ccc(C23CC4CC(CC(C(=O)N5CCC(N)C(C)(C)C5)(C4)C2)C3)cc1. The molecule has 3 unspecified atom stereocenters. The number of hydrogen-bond acceptors (Lipinski definition) is 2. The molecule has 0 radical (unpaired) electrons. The van der Waals surface area contributed by atoms with Gasteiger partial charge >= 0.3 is 0 Å². The van der Waals surface area contributed by atoms with Crippen LogP contribution in [0.15, 0.2) is 24.3 Å². The molecule has 2 N–H and O–H groups in total. The smallest absolute Gasteiger partial charge is 0.228 e. The highest BCUT2D eigenvalue weighted by Crippen LogP contribution is 2.66. The van der Waals surface area contributed by atoms with Gasteiger partial charge in [-0.25, -0.2) is 0 Å². The maximum atomic E-state index is 14.0. The molecule has 4 aliphatic carbocycles. The summed E-state index contributed by atoms with van der Waals surface area (Å²) in [5.74, 6) is 1.91. The van der Waals surface area contributed by atoms with Crippen molar-refractivity contribution < 1.29 is 4.79 Å². The van der Waals surface area contributed by atoms with Crippen LogP contribution in [-0.2, 0) is 10.2 Å². The van der Waals surface area contributed by atoms with E-state index in [0.717, 1.165) is 50.6 Å². The first kappa shape index (κ1) is 18.7. The molecule has 1 aliphatic heterocycles. The van der Waals surface area contributed by atoms with E-state index in [1.807, 2.05) is 0 Å². The van der Waals surface area contributed by atoms with Crippen molar-refractivity contribution in [3.05, 3.63) is 35.4 Å². The fourth-order valence-corrected chi connectivity index (χ4v) is 7.64. The second-order valence-electron chi connectivity index (χ2n) is 11.5. The molecular formula is C25H36N2O. The molecule has 1 saturated heterocycles. The van der Waals surface area contributed by atoms with E-state index in [4.69, 9.17) is 5.73 Å². The minimum absolute atomic E-state index is 0.0187. The summed E-state index contributed by atoms with van der Waals surface area (Å²) in [6, 6.07) is 9.42. The molecule has 3 atom stereocenters. The fourth-order valence-electron chi connectivity index (χ4n) is 7.64. The summed E-state index contributed by atoms with van der Waals surface area (Å²) in [7, 11) is 0. The zero-order valence-electron chi connectivity index (χ0n) is 17.8. The number of hydrogen-bond donors (Lipinski definition) is 1. The first-order valence-electron chi connectivity index (χ1n) is 11.3. The average Bonchev–Trinajstić information content (AvgIpc) is 2.62. The zero-order valence-corrected chi connectivity index (χ0v) is 17.8. The molecule has 1 aromatic rings. The normalized spacial score (nSPS) is 41.3. The van der Waals surface area contributed by atoms with Gasteiger partial charge in [-0.3, -0.25) is 4.79 Å². The van der Waals surface area contributed by atoms with Gasteiger partial charge in [-0.1, -0.05) is 43.7 Å². The van der Waals surface area contributed by atoms with Crippen LogP contribution in [0.5, 0.6) is 0 Å². The number of benzene rings is 1. The molecule has 4 saturated carbocycles. The van der Waals surface area contributed by atoms with Crippen LogP contribution in [0.2, 0.25) is 0 Å². The van der Waals surface area contributed by atoms with E-state index in [1.165, 1.54) is 30.4 Å². The van der Waals surface area contributed by atoms with Gasteiger partial charge in [0.1, 0.15) is 0 Å². The van der Waals surface area contributed by atoms with Crippen molar-refractivity contribution in [3.63, 3.8) is 0 Å². The monoisotopic (exact) mass is 380 g/mol. The topological polar surface area (TPSA) is 46.3 Å². The molecule has 6 rings (SSSR count). The van der Waals surface area contributed by atoms with Gasteiger partial charge in [0.2, 0.25) is 5.91 Å². The lowest BCUT2D eigenvalue weighted by atomic mass is 9.42. The molecule has 0 spiro atoms. The number of rotatable bonds is 2. The molecule has 0 aromatic heterocycles. The van der Waals surface area contributed by atoms with Crippen LogP contribution in [0.25, 0.3) is 0 Å². The van der Waals surface area contributed by atoms with Crippen molar-refractivity contribution in [3.8, 4) is 0 Å². The highest BCUT2D eigenvalue weighted by Gasteiger charge is 2.61. The van der Waals surface area contributed by atoms with Crippen molar-refractivity contribution in [2.75, 3.05) is 13.1 Å². The molecule has 1 aromatic carbocycles. The second-order valence-corrected chi connectivity index (χ2v) is 11.5. The maximum Gasteiger partial charge on any atom is 0.228 e. The number of piperidine rings is 1. The predicted octanol–water partition coefficient (Wildman–Crippen LogP) is 4.42. The van der Waals surface area contributed by atoms with Crippen LogP contribution in [0.3, 0.4) is 0 Å². The lowest BCUT2D eigenvalue weighted by Gasteiger charge is -2.62. The van der Waals surface area contributed by atoms with E-state index in [2.05, 4.69) is 49.9 Å². The first-order valence-corrected chi connectivity index (χ1v) is 11.3. The average molecular weight is 381 g/mol. The Hall–Kier alpha value is -1.35. The van der Waals surface area contributed by atoms with E-state index in [-0.39, 0.29) is 22.3 Å². The standard InChI is InChI=1S/C25H36N2O/c1-17-4-6-20(7-5-17)24-11-18-10-19(12-24)14-25(13-18,15-24)22(28)27-9-8-21(26)23(2,3)16-27/h4-7,18-19,21H,8-16,26H2,1-3H3. The quantitative estimate of drug-likeness (QED) is 0.825. The molecule has 152 valence electrons. The Morgan fingerprint density at radius 1 is 1.07 bits per heavy atom. The maximum absolute atomic E-state index is 14.0. The van der Waals surface area contributed by atoms with Crippen LogP contribution in [0, 0.1) is 29.6 Å². The largest absolute Gasteiger partial charge is 0.342 e. The Morgan fingerprint density at radius 2 is 1.71 bits per heavy atom. The van der Waals surface area contributed by atoms with Gasteiger partial charge < -0.3 is 10.6 Å². The van der Waals surface area contributed by atoms with Crippen LogP contribution in [-0.4, -0.2) is 29.9 Å². The third kappa shape index (κ3) is 2.76. The van der Waals surface area contributed by atoms with Gasteiger partial charge in [-0.05, 0) is 80.1 Å². The van der Waals surface area contributed by atoms with Crippen LogP contribution in [0.4, 0.5) is 0 Å². The molecule has 1 heterocycles. The van der Waals surface area contributed by atoms with Crippen molar-refractivity contribution >= 4 is 5.91 Å². The minimum atomic E-state index is -0.119. The summed E-state index contributed by atoms with van der Waals surface area (Å²) in [4.78, 5) is 16.2. The number of amides is 1. The highest BCUT2D eigenvalue weighted by molar-refractivity contribution is 5.84. The van der Waals surface area contributed by atoms with Crippen LogP contribution in [0.1, 0.15) is 69.9 Å². The number of carbonyl (C=O) groups is 1. The number of carbonyl (C=O) groups excluding carboxylic acids is 1. The molecule has 5 aliphatic rings. The molecule has 28 heavy (non-hydrogen) atoms. The van der Waals surface area contributed by atoms with Crippen LogP contribution < -0.4 is 5.73 Å². The van der Waals surface area contributed by atoms with E-state index in [1.54, 1.807) is 0 Å². The third-order valence-electron chi connectivity index (χ3n) is 8.78. The number of nitrogens with zero attached hydrogens (tertiary/aromatic N) is 1. The van der Waals surface area contributed by atoms with E-state index in [9.17, 15) is 4.79 Å². The Balaban J connectivity index is 1.47. The van der Waals surface area contributed by atoms with Crippen molar-refractivity contribution in [1.82, 2.24) is 4.90 Å². The lowest BCUT2D eigenvalue weighted by molar-refractivity contribution is -0.163. The molecule has 3 nitrogen and oxygen atoms in total. The predicted molar refractivity (Wildman–Crippen MR) is 113 cm³/mol. The molecule has 1 amide bonds. The number of aryl methyl sites for hydroxylation is 1. The van der Waals surface area contributed by atoms with Crippen molar-refractivity contribution in [2.24, 2.45) is 28.4 Å². The Morgan fingerprint density at radius 3 is 2.32 bits per heavy atom. The first-order chi connectivity index (χ1) is 13.2. The summed E-state index contributed by atoms with van der Waals surface area (Å²) in [6.07, 6.45) is 8.18. The summed E-state index contributed by atoms with van der Waals surface area (Å²) in [6.45, 7) is 8.28. The van der Waals surface area contributed by atoms with Crippen molar-refractivity contribution in [1.29, 1.82) is 0 Å². The number of nitrogens with two attached hydrogens (primary N) is 1. The van der Waals surface area contributed by atoms with Gasteiger partial charge in [0.15, 0.2) is 0 Å². The Labute approximate surface area is 170 Å². The summed E-state index contributed by atoms with van der Waals surface area (Å²) in [5.41, 5.74) is 9.30. The molecule has 4 bridgehead atoms. The summed E-state index contributed by atoms with van der Waals surface area (Å²) < 4.78 is 0. The molecule has 3 heteroatoms. The van der Waals surface area contributed by atoms with Gasteiger partial charge in [-0.15, -0.1) is 0 Å². The van der Waals surface area contributed by atoms with Gasteiger partial charge in [0, 0.05) is 19.1 Å². The molecular weight excluding hydrogens is 344 g/mol. The third-order valence-corrected chi connectivity index (χ3v) is 8.78. The minimum Gasteiger partial charge on any atom is -0.342 e. The van der Waals surface area contributed by atoms with Crippen molar-refractivity contribution in [2.45, 2.75) is 77.2 Å². The van der Waals surface area contributed by atoms with Gasteiger partial charge in [0.05, 0.1) is 5.41 Å². The van der Waals surface area contributed by atoms with E-state index >= 15 is 0 Å². The fraction of sp³-hybridized carbons (Fsp3) is 0.720. The Bertz CT molecular complexity index is 766. The lowest BCUT2D eigenvalue weighted by Crippen LogP contribution is -2.62. The van der Waals surface area contributed by atoms with E-state index < -0.39 is 0 Å². The Kier molecular flexibility index (Phi) is 4.05. The second kappa shape index (κ2) is 6.08. The zero-order chi connectivity index (χ0) is 19.7. The number of likely N-dealkylation sites (tertiary alicyclic amines) is 1. The molecule has 5 fully saturated rings. The highest BCUT2D eigenvalue weighted by atomic mass is 16.2. The summed E-state index contributed by atoms with van der Waals surface area (Å²) >= 11 is 0.